The lowest BCUT2D eigenvalue weighted by Gasteiger charge is -1.95. The van der Waals surface area contributed by atoms with Gasteiger partial charge in [0, 0.05) is 11.6 Å². The molecule has 0 unspecified atom stereocenters. The van der Waals surface area contributed by atoms with Gasteiger partial charge in [-0.3, -0.25) is 0 Å². The van der Waals surface area contributed by atoms with E-state index in [0.717, 1.165) is 24.7 Å². The van der Waals surface area contributed by atoms with Crippen LogP contribution >= 0.6 is 0 Å². The minimum atomic E-state index is -0.668. The minimum Gasteiger partial charge on any atom is -0.338 e. The van der Waals surface area contributed by atoms with Crippen LogP contribution in [0.25, 0.3) is 11.4 Å². The fourth-order valence-electron chi connectivity index (χ4n) is 1.36. The van der Waals surface area contributed by atoms with Crippen LogP contribution in [0, 0.1) is 11.6 Å². The third kappa shape index (κ3) is 2.85. The van der Waals surface area contributed by atoms with Crippen LogP contribution in [0.4, 0.5) is 8.78 Å². The number of nitrogens with one attached hydrogen (secondary N) is 1. The second-order valence-electron chi connectivity index (χ2n) is 3.45. The molecule has 0 aliphatic carbocycles. The van der Waals surface area contributed by atoms with Gasteiger partial charge >= 0.3 is 0 Å². The Balaban J connectivity index is 2.24. The van der Waals surface area contributed by atoms with Gasteiger partial charge in [0.25, 0.3) is 0 Å². The topological polar surface area (TPSA) is 51.0 Å². The lowest BCUT2D eigenvalue weighted by molar-refractivity contribution is 0.369. The summed E-state index contributed by atoms with van der Waals surface area (Å²) >= 11 is 0. The quantitative estimate of drug-likeness (QED) is 0.887. The molecule has 0 fully saturated rings. The van der Waals surface area contributed by atoms with Gasteiger partial charge in [-0.05, 0) is 18.7 Å². The maximum atomic E-state index is 13.0. The molecule has 1 aromatic carbocycles. The van der Waals surface area contributed by atoms with Crippen molar-refractivity contribution in [3.8, 4) is 11.4 Å². The molecule has 1 N–H and O–H groups in total. The van der Waals surface area contributed by atoms with Crippen molar-refractivity contribution in [1.82, 2.24) is 15.5 Å². The SMILES string of the molecule is CCNCc1nc(-c2cc(F)cc(F)c2)no1. The smallest absolute Gasteiger partial charge is 0.240 e. The molecule has 0 aliphatic rings. The van der Waals surface area contributed by atoms with E-state index in [2.05, 4.69) is 15.5 Å². The van der Waals surface area contributed by atoms with E-state index in [-0.39, 0.29) is 11.4 Å². The number of aromatic nitrogens is 2. The Morgan fingerprint density at radius 1 is 1.24 bits per heavy atom. The molecule has 4 nitrogen and oxygen atoms in total. The van der Waals surface area contributed by atoms with Gasteiger partial charge in [-0.2, -0.15) is 4.98 Å². The average molecular weight is 239 g/mol. The van der Waals surface area contributed by atoms with Gasteiger partial charge in [-0.1, -0.05) is 12.1 Å². The molecule has 0 spiro atoms. The molecule has 0 radical (unpaired) electrons. The normalized spacial score (nSPS) is 10.8. The number of rotatable bonds is 4. The summed E-state index contributed by atoms with van der Waals surface area (Å²) < 4.78 is 30.9. The van der Waals surface area contributed by atoms with E-state index >= 15 is 0 Å². The molecule has 0 aliphatic heterocycles. The first-order valence-electron chi connectivity index (χ1n) is 5.19. The molecule has 2 aromatic rings. The Kier molecular flexibility index (Phi) is 3.43. The highest BCUT2D eigenvalue weighted by atomic mass is 19.1. The van der Waals surface area contributed by atoms with E-state index in [1.54, 1.807) is 0 Å². The molecule has 0 saturated heterocycles. The van der Waals surface area contributed by atoms with Crippen molar-refractivity contribution < 1.29 is 13.3 Å². The molecule has 1 heterocycles. The van der Waals surface area contributed by atoms with Crippen LogP contribution < -0.4 is 5.32 Å². The van der Waals surface area contributed by atoms with E-state index in [0.29, 0.717) is 12.4 Å². The molecule has 0 bridgehead atoms. The van der Waals surface area contributed by atoms with E-state index in [4.69, 9.17) is 4.52 Å². The number of nitrogens with zero attached hydrogens (tertiary/aromatic N) is 2. The van der Waals surface area contributed by atoms with Crippen LogP contribution in [0.3, 0.4) is 0 Å². The van der Waals surface area contributed by atoms with Gasteiger partial charge in [0.1, 0.15) is 11.6 Å². The van der Waals surface area contributed by atoms with Crippen LogP contribution in [-0.4, -0.2) is 16.7 Å². The van der Waals surface area contributed by atoms with Crippen LogP contribution in [0.5, 0.6) is 0 Å². The maximum absolute atomic E-state index is 13.0. The summed E-state index contributed by atoms with van der Waals surface area (Å²) in [5.74, 6) is -0.779. The Labute approximate surface area is 96.6 Å². The molecule has 0 amide bonds. The molecule has 90 valence electrons. The molecular weight excluding hydrogens is 228 g/mol. The highest BCUT2D eigenvalue weighted by molar-refractivity contribution is 5.54. The zero-order valence-electron chi connectivity index (χ0n) is 9.20. The summed E-state index contributed by atoms with van der Waals surface area (Å²) in [6.07, 6.45) is 0. The summed E-state index contributed by atoms with van der Waals surface area (Å²) in [6, 6.07) is 3.11. The highest BCUT2D eigenvalue weighted by Gasteiger charge is 2.10. The average Bonchev–Trinajstić information content (AvgIpc) is 2.73. The number of hydrogen-bond acceptors (Lipinski definition) is 4. The highest BCUT2D eigenvalue weighted by Crippen LogP contribution is 2.18. The Morgan fingerprint density at radius 2 is 1.94 bits per heavy atom. The minimum absolute atomic E-state index is 0.177. The Hall–Kier alpha value is -1.82. The van der Waals surface area contributed by atoms with Gasteiger partial charge in [-0.25, -0.2) is 8.78 Å². The number of hydrogen-bond donors (Lipinski definition) is 1. The maximum Gasteiger partial charge on any atom is 0.240 e. The van der Waals surface area contributed by atoms with Crippen LogP contribution in [0.2, 0.25) is 0 Å². The lowest BCUT2D eigenvalue weighted by Crippen LogP contribution is -2.11. The molecule has 6 heteroatoms. The van der Waals surface area contributed by atoms with Gasteiger partial charge in [0.15, 0.2) is 0 Å². The largest absolute Gasteiger partial charge is 0.338 e. The van der Waals surface area contributed by atoms with Crippen molar-refractivity contribution in [2.24, 2.45) is 0 Å². The molecule has 17 heavy (non-hydrogen) atoms. The standard InChI is InChI=1S/C11H11F2N3O/c1-2-14-6-10-15-11(16-17-10)7-3-8(12)5-9(13)4-7/h3-5,14H,2,6H2,1H3. The van der Waals surface area contributed by atoms with Gasteiger partial charge in [-0.15, -0.1) is 0 Å². The fourth-order valence-corrected chi connectivity index (χ4v) is 1.36. The first-order valence-corrected chi connectivity index (χ1v) is 5.19. The molecule has 0 atom stereocenters. The monoisotopic (exact) mass is 239 g/mol. The van der Waals surface area contributed by atoms with E-state index < -0.39 is 11.6 Å². The van der Waals surface area contributed by atoms with Crippen LogP contribution in [-0.2, 0) is 6.54 Å². The van der Waals surface area contributed by atoms with Gasteiger partial charge in [0.05, 0.1) is 6.54 Å². The summed E-state index contributed by atoms with van der Waals surface area (Å²) in [5, 5.41) is 6.67. The third-order valence-electron chi connectivity index (χ3n) is 2.12. The van der Waals surface area contributed by atoms with E-state index in [1.807, 2.05) is 6.92 Å². The summed E-state index contributed by atoms with van der Waals surface area (Å²) in [6.45, 7) is 3.15. The van der Waals surface area contributed by atoms with Crippen molar-refractivity contribution in [1.29, 1.82) is 0 Å². The second-order valence-corrected chi connectivity index (χ2v) is 3.45. The third-order valence-corrected chi connectivity index (χ3v) is 2.12. The fraction of sp³-hybridized carbons (Fsp3) is 0.273. The Morgan fingerprint density at radius 3 is 2.59 bits per heavy atom. The Bertz CT molecular complexity index is 493. The second kappa shape index (κ2) is 5.01. The summed E-state index contributed by atoms with van der Waals surface area (Å²) in [7, 11) is 0. The van der Waals surface area contributed by atoms with Gasteiger partial charge in [0.2, 0.25) is 11.7 Å². The van der Waals surface area contributed by atoms with Crippen molar-refractivity contribution in [2.45, 2.75) is 13.5 Å². The van der Waals surface area contributed by atoms with Crippen molar-refractivity contribution in [3.63, 3.8) is 0 Å². The zero-order chi connectivity index (χ0) is 12.3. The molecule has 1 aromatic heterocycles. The van der Waals surface area contributed by atoms with Crippen molar-refractivity contribution in [2.75, 3.05) is 6.54 Å². The zero-order valence-corrected chi connectivity index (χ0v) is 9.20. The first kappa shape index (κ1) is 11.7. The number of benzene rings is 1. The van der Waals surface area contributed by atoms with Crippen molar-refractivity contribution in [3.05, 3.63) is 35.7 Å². The van der Waals surface area contributed by atoms with Crippen LogP contribution in [0.1, 0.15) is 12.8 Å². The van der Waals surface area contributed by atoms with Gasteiger partial charge < -0.3 is 9.84 Å². The van der Waals surface area contributed by atoms with Crippen LogP contribution in [0.15, 0.2) is 22.7 Å². The van der Waals surface area contributed by atoms with E-state index in [1.165, 1.54) is 0 Å². The molecule has 0 saturated carbocycles. The van der Waals surface area contributed by atoms with Crippen molar-refractivity contribution >= 4 is 0 Å². The first-order chi connectivity index (χ1) is 8.19. The molecular formula is C11H11F2N3O. The summed E-state index contributed by atoms with van der Waals surface area (Å²) in [4.78, 5) is 4.03. The predicted molar refractivity (Wildman–Crippen MR) is 57.0 cm³/mol. The van der Waals surface area contributed by atoms with E-state index in [9.17, 15) is 8.78 Å². The molecule has 2 rings (SSSR count). The summed E-state index contributed by atoms with van der Waals surface area (Å²) in [5.41, 5.74) is 0.258. The predicted octanol–water partition coefficient (Wildman–Crippen LogP) is 2.12. The lowest BCUT2D eigenvalue weighted by atomic mass is 10.2. The number of halogens is 2.